The van der Waals surface area contributed by atoms with E-state index in [-0.39, 0.29) is 19.4 Å². The molecule has 2 atom stereocenters. The van der Waals surface area contributed by atoms with Crippen molar-refractivity contribution < 1.29 is 24.2 Å². The highest BCUT2D eigenvalue weighted by Crippen LogP contribution is 2.19. The largest absolute Gasteiger partial charge is 0.480 e. The number of hydrogen-bond acceptors (Lipinski definition) is 5. The summed E-state index contributed by atoms with van der Waals surface area (Å²) in [6, 6.07) is -1.12. The summed E-state index contributed by atoms with van der Waals surface area (Å²) in [7, 11) is 1.22. The Kier molecular flexibility index (Phi) is 7.06. The van der Waals surface area contributed by atoms with Gasteiger partial charge in [-0.15, -0.1) is 0 Å². The predicted octanol–water partition coefficient (Wildman–Crippen LogP) is -0.116. The van der Waals surface area contributed by atoms with Crippen molar-refractivity contribution in [2.45, 2.75) is 39.2 Å². The molecule has 0 spiro atoms. The van der Waals surface area contributed by atoms with Crippen LogP contribution in [0.1, 0.15) is 33.1 Å². The number of carboxylic acids is 1. The van der Waals surface area contributed by atoms with Gasteiger partial charge < -0.3 is 20.9 Å². The number of carboxylic acid groups (broad SMARTS) is 1. The van der Waals surface area contributed by atoms with Crippen molar-refractivity contribution in [3.63, 3.8) is 0 Å². The summed E-state index contributed by atoms with van der Waals surface area (Å²) >= 11 is 0. The monoisotopic (exact) mass is 274 g/mol. The van der Waals surface area contributed by atoms with E-state index in [9.17, 15) is 14.4 Å². The fourth-order valence-electron chi connectivity index (χ4n) is 1.35. The van der Waals surface area contributed by atoms with Crippen LogP contribution in [-0.2, 0) is 19.1 Å². The molecule has 0 saturated heterocycles. The molecule has 4 N–H and O–H groups in total. The predicted molar refractivity (Wildman–Crippen MR) is 68.3 cm³/mol. The van der Waals surface area contributed by atoms with Crippen LogP contribution in [0.25, 0.3) is 0 Å². The maximum atomic E-state index is 12.0. The van der Waals surface area contributed by atoms with Crippen LogP contribution < -0.4 is 11.1 Å². The summed E-state index contributed by atoms with van der Waals surface area (Å²) in [6.45, 7) is 3.59. The van der Waals surface area contributed by atoms with E-state index in [1.54, 1.807) is 13.8 Å². The Labute approximate surface area is 112 Å². The molecule has 0 bridgehead atoms. The van der Waals surface area contributed by atoms with E-state index in [2.05, 4.69) is 10.1 Å². The zero-order chi connectivity index (χ0) is 15.1. The van der Waals surface area contributed by atoms with Gasteiger partial charge in [-0.25, -0.2) is 4.79 Å². The molecule has 110 valence electrons. The highest BCUT2D eigenvalue weighted by Gasteiger charge is 2.33. The zero-order valence-corrected chi connectivity index (χ0v) is 11.6. The fraction of sp³-hybridized carbons (Fsp3) is 0.750. The molecule has 0 aliphatic heterocycles. The smallest absolute Gasteiger partial charge is 0.326 e. The summed E-state index contributed by atoms with van der Waals surface area (Å²) in [5.74, 6) is -2.12. The summed E-state index contributed by atoms with van der Waals surface area (Å²) < 4.78 is 4.43. The number of amides is 1. The molecule has 0 fully saturated rings. The van der Waals surface area contributed by atoms with Crippen molar-refractivity contribution in [2.75, 3.05) is 13.7 Å². The minimum absolute atomic E-state index is 0.0158. The van der Waals surface area contributed by atoms with Crippen molar-refractivity contribution >= 4 is 17.8 Å². The molecule has 0 radical (unpaired) electrons. The van der Waals surface area contributed by atoms with Crippen molar-refractivity contribution in [3.05, 3.63) is 0 Å². The molecule has 0 aromatic carbocycles. The number of ether oxygens (including phenoxy) is 1. The van der Waals surface area contributed by atoms with Crippen molar-refractivity contribution in [3.8, 4) is 0 Å². The van der Waals surface area contributed by atoms with Gasteiger partial charge in [0, 0.05) is 13.0 Å². The first-order chi connectivity index (χ1) is 8.80. The van der Waals surface area contributed by atoms with Gasteiger partial charge in [-0.3, -0.25) is 9.59 Å². The SMILES string of the molecule is CCC(C)(CN)C(=O)N[C@@H](CCC(=O)OC)C(=O)O. The summed E-state index contributed by atoms with van der Waals surface area (Å²) in [6.07, 6.45) is 0.413. The highest BCUT2D eigenvalue weighted by atomic mass is 16.5. The second kappa shape index (κ2) is 7.73. The number of nitrogens with two attached hydrogens (primary N) is 1. The highest BCUT2D eigenvalue weighted by molar-refractivity contribution is 5.87. The zero-order valence-electron chi connectivity index (χ0n) is 11.6. The van der Waals surface area contributed by atoms with Crippen LogP contribution in [0.3, 0.4) is 0 Å². The normalized spacial score (nSPS) is 15.2. The lowest BCUT2D eigenvalue weighted by molar-refractivity contribution is -0.145. The van der Waals surface area contributed by atoms with Gasteiger partial charge in [0.15, 0.2) is 0 Å². The van der Waals surface area contributed by atoms with Crippen LogP contribution in [0.15, 0.2) is 0 Å². The maximum absolute atomic E-state index is 12.0. The van der Waals surface area contributed by atoms with Gasteiger partial charge in [-0.1, -0.05) is 6.92 Å². The van der Waals surface area contributed by atoms with E-state index < -0.39 is 29.3 Å². The van der Waals surface area contributed by atoms with Crippen LogP contribution in [-0.4, -0.2) is 42.6 Å². The van der Waals surface area contributed by atoms with Gasteiger partial charge >= 0.3 is 11.9 Å². The van der Waals surface area contributed by atoms with Crippen molar-refractivity contribution in [1.29, 1.82) is 0 Å². The van der Waals surface area contributed by atoms with Crippen LogP contribution in [0.4, 0.5) is 0 Å². The van der Waals surface area contributed by atoms with Gasteiger partial charge in [0.2, 0.25) is 5.91 Å². The van der Waals surface area contributed by atoms with E-state index in [0.29, 0.717) is 6.42 Å². The number of hydrogen-bond donors (Lipinski definition) is 3. The number of rotatable bonds is 8. The van der Waals surface area contributed by atoms with Gasteiger partial charge in [-0.2, -0.15) is 0 Å². The Morgan fingerprint density at radius 1 is 1.42 bits per heavy atom. The standard InChI is InChI=1S/C12H22N2O5/c1-4-12(2,7-13)11(18)14-8(10(16)17)5-6-9(15)19-3/h8H,4-7,13H2,1-3H3,(H,14,18)(H,16,17)/t8-,12?/m0/s1. The van der Waals surface area contributed by atoms with Crippen LogP contribution in [0.2, 0.25) is 0 Å². The van der Waals surface area contributed by atoms with E-state index in [1.807, 2.05) is 0 Å². The van der Waals surface area contributed by atoms with E-state index in [1.165, 1.54) is 7.11 Å². The molecule has 0 rings (SSSR count). The summed E-state index contributed by atoms with van der Waals surface area (Å²) in [4.78, 5) is 34.0. The number of aliphatic carboxylic acids is 1. The molecule has 7 heteroatoms. The molecule has 0 aliphatic carbocycles. The minimum Gasteiger partial charge on any atom is -0.480 e. The number of methoxy groups -OCH3 is 1. The van der Waals surface area contributed by atoms with Crippen molar-refractivity contribution in [1.82, 2.24) is 5.32 Å². The molecule has 0 aromatic heterocycles. The van der Waals surface area contributed by atoms with Crippen molar-refractivity contribution in [2.24, 2.45) is 11.1 Å². The third-order valence-corrected chi connectivity index (χ3v) is 3.25. The van der Waals surface area contributed by atoms with Gasteiger partial charge in [0.25, 0.3) is 0 Å². The molecule has 0 aliphatic rings. The van der Waals surface area contributed by atoms with E-state index in [0.717, 1.165) is 0 Å². The van der Waals surface area contributed by atoms with Crippen LogP contribution >= 0.6 is 0 Å². The Morgan fingerprint density at radius 2 is 2.00 bits per heavy atom. The second-order valence-corrected chi connectivity index (χ2v) is 4.60. The lowest BCUT2D eigenvalue weighted by Crippen LogP contribution is -2.50. The number of esters is 1. The molecule has 0 heterocycles. The second-order valence-electron chi connectivity index (χ2n) is 4.60. The lowest BCUT2D eigenvalue weighted by Gasteiger charge is -2.27. The topological polar surface area (TPSA) is 119 Å². The van der Waals surface area contributed by atoms with Gasteiger partial charge in [0.05, 0.1) is 12.5 Å². The molecule has 7 nitrogen and oxygen atoms in total. The molecule has 19 heavy (non-hydrogen) atoms. The maximum Gasteiger partial charge on any atom is 0.326 e. The summed E-state index contributed by atoms with van der Waals surface area (Å²) in [5, 5.41) is 11.4. The Hall–Kier alpha value is -1.63. The third-order valence-electron chi connectivity index (χ3n) is 3.25. The first kappa shape index (κ1) is 17.4. The quantitative estimate of drug-likeness (QED) is 0.531. The average molecular weight is 274 g/mol. The third kappa shape index (κ3) is 5.25. The lowest BCUT2D eigenvalue weighted by atomic mass is 9.86. The molecular formula is C12H22N2O5. The molecule has 1 amide bonds. The van der Waals surface area contributed by atoms with Gasteiger partial charge in [0.1, 0.15) is 6.04 Å². The summed E-state index contributed by atoms with van der Waals surface area (Å²) in [5.41, 5.74) is 4.73. The average Bonchev–Trinajstić information content (AvgIpc) is 2.41. The Balaban J connectivity index is 4.63. The number of carbonyl (C=O) groups excluding carboxylic acids is 2. The first-order valence-corrected chi connectivity index (χ1v) is 6.11. The van der Waals surface area contributed by atoms with Crippen LogP contribution in [0, 0.1) is 5.41 Å². The van der Waals surface area contributed by atoms with E-state index >= 15 is 0 Å². The Morgan fingerprint density at radius 3 is 2.37 bits per heavy atom. The molecule has 0 aromatic rings. The van der Waals surface area contributed by atoms with Gasteiger partial charge in [-0.05, 0) is 19.8 Å². The molecule has 0 saturated carbocycles. The molecular weight excluding hydrogens is 252 g/mol. The minimum atomic E-state index is -1.19. The number of carbonyl (C=O) groups is 3. The fourth-order valence-corrected chi connectivity index (χ4v) is 1.35. The number of nitrogens with one attached hydrogen (secondary N) is 1. The van der Waals surface area contributed by atoms with Crippen LogP contribution in [0.5, 0.6) is 0 Å². The first-order valence-electron chi connectivity index (χ1n) is 6.11. The molecule has 1 unspecified atom stereocenters. The van der Waals surface area contributed by atoms with E-state index in [4.69, 9.17) is 10.8 Å². The Bertz CT molecular complexity index is 339.